The van der Waals surface area contributed by atoms with Gasteiger partial charge in [-0.25, -0.2) is 4.98 Å². The molecule has 0 aromatic carbocycles. The predicted molar refractivity (Wildman–Crippen MR) is 67.4 cm³/mol. The Morgan fingerprint density at radius 2 is 2.06 bits per heavy atom. The molecule has 1 aliphatic carbocycles. The van der Waals surface area contributed by atoms with Gasteiger partial charge >= 0.3 is 0 Å². The molecule has 0 radical (unpaired) electrons. The van der Waals surface area contributed by atoms with Crippen molar-refractivity contribution in [2.24, 2.45) is 11.7 Å². The van der Waals surface area contributed by atoms with E-state index in [1.807, 2.05) is 13.1 Å². The maximum Gasteiger partial charge on any atom is 0.128 e. The molecule has 1 unspecified atom stereocenters. The van der Waals surface area contributed by atoms with Gasteiger partial charge in [0.15, 0.2) is 0 Å². The second-order valence-corrected chi connectivity index (χ2v) is 4.93. The first-order valence-electron chi connectivity index (χ1n) is 6.04. The Labute approximate surface area is 97.7 Å². The number of nitrogens with two attached hydrogens (primary N) is 1. The van der Waals surface area contributed by atoms with Crippen molar-refractivity contribution < 1.29 is 0 Å². The van der Waals surface area contributed by atoms with Gasteiger partial charge in [0.05, 0.1) is 0 Å². The van der Waals surface area contributed by atoms with Gasteiger partial charge in [-0.1, -0.05) is 6.07 Å². The molecule has 2 N–H and O–H groups in total. The monoisotopic (exact) mass is 219 g/mol. The Hall–Kier alpha value is -1.09. The van der Waals surface area contributed by atoms with E-state index in [0.717, 1.165) is 17.3 Å². The van der Waals surface area contributed by atoms with Crippen LogP contribution in [0.4, 0.5) is 5.82 Å². The van der Waals surface area contributed by atoms with Gasteiger partial charge in [-0.15, -0.1) is 0 Å². The third-order valence-electron chi connectivity index (χ3n) is 3.57. The SMILES string of the molecule is CC(C1CC1)N(C)c1ccc([C@@H](C)N)cn1. The van der Waals surface area contributed by atoms with Crippen LogP contribution in [0.3, 0.4) is 0 Å². The first-order valence-corrected chi connectivity index (χ1v) is 6.04. The van der Waals surface area contributed by atoms with Crippen LogP contribution in [0.15, 0.2) is 18.3 Å². The molecule has 0 saturated heterocycles. The van der Waals surface area contributed by atoms with Crippen LogP contribution in [-0.4, -0.2) is 18.1 Å². The molecule has 16 heavy (non-hydrogen) atoms. The zero-order valence-corrected chi connectivity index (χ0v) is 10.4. The maximum atomic E-state index is 5.80. The first-order chi connectivity index (χ1) is 7.59. The molecule has 0 bridgehead atoms. The van der Waals surface area contributed by atoms with Crippen LogP contribution in [0.5, 0.6) is 0 Å². The van der Waals surface area contributed by atoms with Crippen molar-refractivity contribution in [3.63, 3.8) is 0 Å². The van der Waals surface area contributed by atoms with Gasteiger partial charge in [-0.05, 0) is 44.2 Å². The lowest BCUT2D eigenvalue weighted by molar-refractivity contribution is 0.603. The van der Waals surface area contributed by atoms with E-state index < -0.39 is 0 Å². The zero-order chi connectivity index (χ0) is 11.7. The molecule has 1 aliphatic rings. The van der Waals surface area contributed by atoms with Gasteiger partial charge < -0.3 is 10.6 Å². The molecular formula is C13H21N3. The maximum absolute atomic E-state index is 5.80. The van der Waals surface area contributed by atoms with E-state index in [2.05, 4.69) is 36.0 Å². The van der Waals surface area contributed by atoms with Crippen LogP contribution in [0.1, 0.15) is 38.3 Å². The number of nitrogens with zero attached hydrogens (tertiary/aromatic N) is 2. The highest BCUT2D eigenvalue weighted by Gasteiger charge is 2.30. The van der Waals surface area contributed by atoms with Crippen LogP contribution in [0.25, 0.3) is 0 Å². The summed E-state index contributed by atoms with van der Waals surface area (Å²) in [5.41, 5.74) is 6.90. The number of hydrogen-bond acceptors (Lipinski definition) is 3. The minimum absolute atomic E-state index is 0.0627. The Kier molecular flexibility index (Phi) is 3.15. The minimum atomic E-state index is 0.0627. The van der Waals surface area contributed by atoms with Crippen LogP contribution in [0, 0.1) is 5.92 Å². The number of pyridine rings is 1. The van der Waals surface area contributed by atoms with E-state index >= 15 is 0 Å². The highest BCUT2D eigenvalue weighted by atomic mass is 15.2. The Bertz CT molecular complexity index is 341. The summed E-state index contributed by atoms with van der Waals surface area (Å²) in [7, 11) is 2.12. The average molecular weight is 219 g/mol. The molecule has 1 heterocycles. The zero-order valence-electron chi connectivity index (χ0n) is 10.4. The minimum Gasteiger partial charge on any atom is -0.357 e. The molecule has 1 fully saturated rings. The number of aromatic nitrogens is 1. The molecular weight excluding hydrogens is 198 g/mol. The highest BCUT2D eigenvalue weighted by Crippen LogP contribution is 2.35. The van der Waals surface area contributed by atoms with E-state index in [9.17, 15) is 0 Å². The van der Waals surface area contributed by atoms with E-state index in [1.165, 1.54) is 12.8 Å². The summed E-state index contributed by atoms with van der Waals surface area (Å²) in [6, 6.07) is 4.79. The average Bonchev–Trinajstić information content (AvgIpc) is 3.11. The standard InChI is InChI=1S/C13H21N3/c1-9(14)12-6-7-13(15-8-12)16(3)10(2)11-4-5-11/h6-11H,4-5,14H2,1-3H3/t9-,10?/m1/s1. The van der Waals surface area contributed by atoms with Crippen molar-refractivity contribution in [2.45, 2.75) is 38.8 Å². The van der Waals surface area contributed by atoms with Crippen molar-refractivity contribution in [3.05, 3.63) is 23.9 Å². The Balaban J connectivity index is 2.08. The van der Waals surface area contributed by atoms with Gasteiger partial charge in [-0.2, -0.15) is 0 Å². The number of hydrogen-bond donors (Lipinski definition) is 1. The second-order valence-electron chi connectivity index (χ2n) is 4.93. The fourth-order valence-corrected chi connectivity index (χ4v) is 1.98. The fourth-order valence-electron chi connectivity index (χ4n) is 1.98. The van der Waals surface area contributed by atoms with Crippen molar-refractivity contribution in [3.8, 4) is 0 Å². The third-order valence-corrected chi connectivity index (χ3v) is 3.57. The van der Waals surface area contributed by atoms with Crippen LogP contribution in [-0.2, 0) is 0 Å². The molecule has 0 amide bonds. The fraction of sp³-hybridized carbons (Fsp3) is 0.615. The lowest BCUT2D eigenvalue weighted by Crippen LogP contribution is -2.31. The third kappa shape index (κ3) is 2.35. The summed E-state index contributed by atoms with van der Waals surface area (Å²) in [5.74, 6) is 1.91. The second kappa shape index (κ2) is 4.42. The highest BCUT2D eigenvalue weighted by molar-refractivity contribution is 5.40. The van der Waals surface area contributed by atoms with E-state index in [-0.39, 0.29) is 6.04 Å². The lowest BCUT2D eigenvalue weighted by atomic mass is 10.1. The lowest BCUT2D eigenvalue weighted by Gasteiger charge is -2.26. The largest absolute Gasteiger partial charge is 0.357 e. The molecule has 0 aliphatic heterocycles. The van der Waals surface area contributed by atoms with Crippen LogP contribution in [0.2, 0.25) is 0 Å². The summed E-state index contributed by atoms with van der Waals surface area (Å²) >= 11 is 0. The summed E-state index contributed by atoms with van der Waals surface area (Å²) in [6.45, 7) is 4.26. The van der Waals surface area contributed by atoms with E-state index in [4.69, 9.17) is 5.73 Å². The van der Waals surface area contributed by atoms with Crippen molar-refractivity contribution in [1.29, 1.82) is 0 Å². The van der Waals surface area contributed by atoms with Gasteiger partial charge in [0.25, 0.3) is 0 Å². The molecule has 3 heteroatoms. The molecule has 0 spiro atoms. The molecule has 3 nitrogen and oxygen atoms in total. The van der Waals surface area contributed by atoms with Crippen molar-refractivity contribution in [1.82, 2.24) is 4.98 Å². The normalized spacial score (nSPS) is 19.2. The van der Waals surface area contributed by atoms with Crippen molar-refractivity contribution in [2.75, 3.05) is 11.9 Å². The topological polar surface area (TPSA) is 42.1 Å². The molecule has 1 aromatic rings. The van der Waals surface area contributed by atoms with E-state index in [1.54, 1.807) is 0 Å². The summed E-state index contributed by atoms with van der Waals surface area (Å²) in [6.07, 6.45) is 4.61. The van der Waals surface area contributed by atoms with Crippen LogP contribution < -0.4 is 10.6 Å². The molecule has 2 atom stereocenters. The Morgan fingerprint density at radius 3 is 2.50 bits per heavy atom. The Morgan fingerprint density at radius 1 is 1.38 bits per heavy atom. The quantitative estimate of drug-likeness (QED) is 0.845. The van der Waals surface area contributed by atoms with Gasteiger partial charge in [0.2, 0.25) is 0 Å². The number of rotatable bonds is 4. The predicted octanol–water partition coefficient (Wildman–Crippen LogP) is 2.34. The molecule has 1 aromatic heterocycles. The molecule has 2 rings (SSSR count). The smallest absolute Gasteiger partial charge is 0.128 e. The molecule has 88 valence electrons. The number of anilines is 1. The summed E-state index contributed by atoms with van der Waals surface area (Å²) < 4.78 is 0. The van der Waals surface area contributed by atoms with Gasteiger partial charge in [-0.3, -0.25) is 0 Å². The van der Waals surface area contributed by atoms with Gasteiger partial charge in [0, 0.05) is 25.3 Å². The van der Waals surface area contributed by atoms with Gasteiger partial charge in [0.1, 0.15) is 5.82 Å². The summed E-state index contributed by atoms with van der Waals surface area (Å²) in [5, 5.41) is 0. The molecule has 1 saturated carbocycles. The van der Waals surface area contributed by atoms with Crippen molar-refractivity contribution >= 4 is 5.82 Å². The van der Waals surface area contributed by atoms with Crippen LogP contribution >= 0.6 is 0 Å². The summed E-state index contributed by atoms with van der Waals surface area (Å²) in [4.78, 5) is 6.74. The first kappa shape index (κ1) is 11.4. The van der Waals surface area contributed by atoms with E-state index in [0.29, 0.717) is 6.04 Å².